The molecule has 0 spiro atoms. The number of hydrogen-bond donors (Lipinski definition) is 1. The van der Waals surface area contributed by atoms with Gasteiger partial charge in [-0.25, -0.2) is 9.97 Å². The topological polar surface area (TPSA) is 49.2 Å². The number of aliphatic hydroxyl groups excluding tert-OH is 1. The normalized spacial score (nSPS) is 14.9. The second kappa shape index (κ2) is 5.48. The van der Waals surface area contributed by atoms with E-state index in [0.29, 0.717) is 6.04 Å². The lowest BCUT2D eigenvalue weighted by atomic mass is 10.2. The summed E-state index contributed by atoms with van der Waals surface area (Å²) in [6, 6.07) is 0.557. The molecule has 0 atom stereocenters. The maximum Gasteiger partial charge on any atom is 0.131 e. The highest BCUT2D eigenvalue weighted by Crippen LogP contribution is 2.33. The molecule has 0 amide bonds. The fraction of sp³-hybridized carbons (Fsp3) is 0.571. The Labute approximate surface area is 108 Å². The van der Waals surface area contributed by atoms with E-state index in [1.165, 1.54) is 12.8 Å². The molecule has 1 N–H and O–H groups in total. The lowest BCUT2D eigenvalue weighted by molar-refractivity contribution is 0.276. The van der Waals surface area contributed by atoms with Crippen molar-refractivity contribution < 1.29 is 5.11 Å². The van der Waals surface area contributed by atoms with Crippen molar-refractivity contribution in [1.82, 2.24) is 9.97 Å². The summed E-state index contributed by atoms with van der Waals surface area (Å²) in [6.07, 6.45) is 6.13. The van der Waals surface area contributed by atoms with Crippen LogP contribution >= 0.6 is 0 Å². The Morgan fingerprint density at radius 2 is 2.28 bits per heavy atom. The van der Waals surface area contributed by atoms with Gasteiger partial charge in [0.15, 0.2) is 0 Å². The minimum Gasteiger partial charge on any atom is -0.390 e. The molecule has 2 rings (SSSR count). The Kier molecular flexibility index (Phi) is 3.97. The van der Waals surface area contributed by atoms with Gasteiger partial charge in [-0.1, -0.05) is 19.9 Å². The molecule has 1 fully saturated rings. The van der Waals surface area contributed by atoms with E-state index in [1.54, 1.807) is 0 Å². The lowest BCUT2D eigenvalue weighted by Crippen LogP contribution is -2.27. The molecule has 0 aromatic carbocycles. The van der Waals surface area contributed by atoms with Gasteiger partial charge in [0.05, 0.1) is 24.2 Å². The highest BCUT2D eigenvalue weighted by atomic mass is 16.3. The van der Waals surface area contributed by atoms with Gasteiger partial charge in [-0.15, -0.1) is 6.58 Å². The number of anilines is 1. The average molecular weight is 247 g/mol. The van der Waals surface area contributed by atoms with Crippen LogP contribution in [-0.2, 0) is 6.61 Å². The molecule has 0 radical (unpaired) electrons. The zero-order chi connectivity index (χ0) is 13.1. The van der Waals surface area contributed by atoms with Crippen LogP contribution in [-0.4, -0.2) is 27.7 Å². The summed E-state index contributed by atoms with van der Waals surface area (Å²) in [4.78, 5) is 11.1. The molecular formula is C14H21N3O. The van der Waals surface area contributed by atoms with E-state index < -0.39 is 0 Å². The average Bonchev–Trinajstić information content (AvgIpc) is 3.19. The first-order chi connectivity index (χ1) is 8.67. The van der Waals surface area contributed by atoms with Crippen molar-refractivity contribution in [1.29, 1.82) is 0 Å². The van der Waals surface area contributed by atoms with Crippen molar-refractivity contribution in [3.63, 3.8) is 0 Å². The van der Waals surface area contributed by atoms with Gasteiger partial charge < -0.3 is 10.0 Å². The maximum absolute atomic E-state index is 9.50. The first kappa shape index (κ1) is 13.0. The fourth-order valence-electron chi connectivity index (χ4n) is 2.03. The number of aromatic nitrogens is 2. The van der Waals surface area contributed by atoms with Gasteiger partial charge in [0.25, 0.3) is 0 Å². The van der Waals surface area contributed by atoms with Crippen LogP contribution in [0, 0.1) is 0 Å². The van der Waals surface area contributed by atoms with Gasteiger partial charge in [-0.05, 0) is 12.8 Å². The predicted molar refractivity (Wildman–Crippen MR) is 72.6 cm³/mol. The van der Waals surface area contributed by atoms with Crippen LogP contribution in [0.3, 0.4) is 0 Å². The third-order valence-electron chi connectivity index (χ3n) is 3.15. The molecule has 4 nitrogen and oxygen atoms in total. The van der Waals surface area contributed by atoms with Crippen LogP contribution in [0.25, 0.3) is 0 Å². The molecule has 18 heavy (non-hydrogen) atoms. The van der Waals surface area contributed by atoms with Gasteiger partial charge >= 0.3 is 0 Å². The number of hydrogen-bond acceptors (Lipinski definition) is 4. The van der Waals surface area contributed by atoms with E-state index in [-0.39, 0.29) is 12.5 Å². The van der Waals surface area contributed by atoms with Crippen molar-refractivity contribution in [3.8, 4) is 0 Å². The highest BCUT2D eigenvalue weighted by Gasteiger charge is 2.30. The van der Waals surface area contributed by atoms with Crippen LogP contribution in [0.2, 0.25) is 0 Å². The van der Waals surface area contributed by atoms with Crippen LogP contribution in [0.1, 0.15) is 44.1 Å². The standard InChI is InChI=1S/C14H21N3O/c1-4-7-17(11-5-6-11)13-8-15-14(10(2)3)16-12(13)9-18/h4,8,10-11,18H,1,5-7,9H2,2-3H3. The largest absolute Gasteiger partial charge is 0.390 e. The summed E-state index contributed by atoms with van der Waals surface area (Å²) in [5, 5.41) is 9.50. The molecule has 1 aromatic heterocycles. The van der Waals surface area contributed by atoms with E-state index in [1.807, 2.05) is 12.3 Å². The monoisotopic (exact) mass is 247 g/mol. The molecule has 0 saturated heterocycles. The molecule has 1 aromatic rings. The van der Waals surface area contributed by atoms with Crippen molar-refractivity contribution in [2.45, 2.75) is 45.3 Å². The molecular weight excluding hydrogens is 226 g/mol. The van der Waals surface area contributed by atoms with Gasteiger partial charge in [0.2, 0.25) is 0 Å². The number of aliphatic hydroxyl groups is 1. The fourth-order valence-corrected chi connectivity index (χ4v) is 2.03. The Morgan fingerprint density at radius 1 is 1.56 bits per heavy atom. The third kappa shape index (κ3) is 2.70. The van der Waals surface area contributed by atoms with E-state index >= 15 is 0 Å². The molecule has 0 aliphatic heterocycles. The summed E-state index contributed by atoms with van der Waals surface area (Å²) < 4.78 is 0. The minimum atomic E-state index is -0.0437. The Bertz CT molecular complexity index is 427. The van der Waals surface area contributed by atoms with Crippen LogP contribution < -0.4 is 4.90 Å². The minimum absolute atomic E-state index is 0.0437. The summed E-state index contributed by atoms with van der Waals surface area (Å²) in [6.45, 7) is 8.64. The molecule has 1 aliphatic rings. The van der Waals surface area contributed by atoms with Gasteiger partial charge in [-0.2, -0.15) is 0 Å². The molecule has 4 heteroatoms. The molecule has 1 aliphatic carbocycles. The zero-order valence-electron chi connectivity index (χ0n) is 11.1. The highest BCUT2D eigenvalue weighted by molar-refractivity contribution is 5.51. The second-order valence-electron chi connectivity index (χ2n) is 5.05. The molecule has 0 unspecified atom stereocenters. The summed E-state index contributed by atoms with van der Waals surface area (Å²) in [7, 11) is 0. The number of rotatable bonds is 6. The van der Waals surface area contributed by atoms with Crippen molar-refractivity contribution >= 4 is 5.69 Å². The molecule has 1 saturated carbocycles. The summed E-state index contributed by atoms with van der Waals surface area (Å²) >= 11 is 0. The first-order valence-corrected chi connectivity index (χ1v) is 6.51. The van der Waals surface area contributed by atoms with Crippen molar-refractivity contribution in [2.75, 3.05) is 11.4 Å². The lowest BCUT2D eigenvalue weighted by Gasteiger charge is -2.24. The van der Waals surface area contributed by atoms with Gasteiger partial charge in [0, 0.05) is 18.5 Å². The van der Waals surface area contributed by atoms with Crippen LogP contribution in [0.15, 0.2) is 18.9 Å². The number of nitrogens with zero attached hydrogens (tertiary/aromatic N) is 3. The smallest absolute Gasteiger partial charge is 0.131 e. The van der Waals surface area contributed by atoms with Crippen LogP contribution in [0.4, 0.5) is 5.69 Å². The van der Waals surface area contributed by atoms with Gasteiger partial charge in [-0.3, -0.25) is 0 Å². The third-order valence-corrected chi connectivity index (χ3v) is 3.15. The molecule has 98 valence electrons. The first-order valence-electron chi connectivity index (χ1n) is 6.51. The predicted octanol–water partition coefficient (Wildman–Crippen LogP) is 2.25. The second-order valence-corrected chi connectivity index (χ2v) is 5.05. The van der Waals surface area contributed by atoms with E-state index in [0.717, 1.165) is 23.8 Å². The molecule has 1 heterocycles. The molecule has 0 bridgehead atoms. The zero-order valence-corrected chi connectivity index (χ0v) is 11.1. The van der Waals surface area contributed by atoms with Gasteiger partial charge in [0.1, 0.15) is 5.82 Å². The Hall–Kier alpha value is -1.42. The van der Waals surface area contributed by atoms with E-state index in [2.05, 4.69) is 35.3 Å². The Morgan fingerprint density at radius 3 is 2.78 bits per heavy atom. The van der Waals surface area contributed by atoms with Crippen molar-refractivity contribution in [3.05, 3.63) is 30.4 Å². The summed E-state index contributed by atoms with van der Waals surface area (Å²) in [5.74, 6) is 1.07. The summed E-state index contributed by atoms with van der Waals surface area (Å²) in [5.41, 5.74) is 1.67. The van der Waals surface area contributed by atoms with Crippen molar-refractivity contribution in [2.24, 2.45) is 0 Å². The van der Waals surface area contributed by atoms with E-state index in [9.17, 15) is 5.11 Å². The SMILES string of the molecule is C=CCN(c1cnc(C(C)C)nc1CO)C1CC1. The maximum atomic E-state index is 9.50. The van der Waals surface area contributed by atoms with Crippen LogP contribution in [0.5, 0.6) is 0 Å². The quantitative estimate of drug-likeness (QED) is 0.783. The Balaban J connectivity index is 2.32. The van der Waals surface area contributed by atoms with E-state index in [4.69, 9.17) is 0 Å².